The molecule has 2 N–H and O–H groups in total. The number of benzene rings is 1. The van der Waals surface area contributed by atoms with Gasteiger partial charge in [-0.1, -0.05) is 27.4 Å². The van der Waals surface area contributed by atoms with Crippen molar-refractivity contribution in [2.45, 2.75) is 123 Å². The molecular weight excluding hydrogens is 558 g/mol. The second kappa shape index (κ2) is 8.20. The quantitative estimate of drug-likeness (QED) is 0.290. The van der Waals surface area contributed by atoms with Crippen LogP contribution < -0.4 is 0 Å². The molecule has 5 nitrogen and oxygen atoms in total. The van der Waals surface area contributed by atoms with Crippen molar-refractivity contribution in [2.75, 3.05) is 0 Å². The van der Waals surface area contributed by atoms with Crippen LogP contribution in [0.5, 0.6) is 5.75 Å². The number of fused-ring (bicyclic) bond motifs is 13. The molecule has 0 spiro atoms. The van der Waals surface area contributed by atoms with E-state index in [1.807, 2.05) is 13.2 Å². The fourth-order valence-electron chi connectivity index (χ4n) is 12.7. The highest BCUT2D eigenvalue weighted by Crippen LogP contribution is 2.72. The molecule has 3 aromatic rings. The highest BCUT2D eigenvalue weighted by molar-refractivity contribution is 6.11. The minimum atomic E-state index is -0.768. The van der Waals surface area contributed by atoms with Crippen molar-refractivity contribution < 1.29 is 19.7 Å². The summed E-state index contributed by atoms with van der Waals surface area (Å²) in [7, 11) is 0. The summed E-state index contributed by atoms with van der Waals surface area (Å²) in [6.45, 7) is 22.5. The van der Waals surface area contributed by atoms with Gasteiger partial charge in [0.05, 0.1) is 34.8 Å². The summed E-state index contributed by atoms with van der Waals surface area (Å²) in [5.41, 5.74) is 7.78. The summed E-state index contributed by atoms with van der Waals surface area (Å²) < 4.78 is 15.3. The number of aliphatic hydroxyl groups is 1. The van der Waals surface area contributed by atoms with Gasteiger partial charge in [-0.2, -0.15) is 0 Å². The molecule has 6 aliphatic rings. The number of aliphatic hydroxyl groups excluding tert-OH is 1. The van der Waals surface area contributed by atoms with Crippen molar-refractivity contribution in [1.29, 1.82) is 0 Å². The monoisotopic (exact) mass is 607 g/mol. The Morgan fingerprint density at radius 2 is 1.82 bits per heavy atom. The molecule has 9 rings (SSSR count). The molecule has 2 aliphatic heterocycles. The Balaban J connectivity index is 1.35. The molecule has 0 radical (unpaired) electrons. The maximum absolute atomic E-state index is 12.2. The first-order chi connectivity index (χ1) is 21.1. The summed E-state index contributed by atoms with van der Waals surface area (Å²) in [5, 5.41) is 26.4. The lowest BCUT2D eigenvalue weighted by Crippen LogP contribution is -2.62. The fraction of sp³-hybridized carbons (Fsp3) is 0.600. The number of hydrogen-bond acceptors (Lipinski definition) is 4. The third-order valence-electron chi connectivity index (χ3n) is 14.4. The van der Waals surface area contributed by atoms with Gasteiger partial charge in [0.2, 0.25) is 0 Å². The number of allylic oxidation sites excluding steroid dienone is 2. The minimum absolute atomic E-state index is 0.0739. The van der Waals surface area contributed by atoms with Gasteiger partial charge in [-0.15, -0.1) is 0 Å². The number of ether oxygens (including phenoxy) is 2. The van der Waals surface area contributed by atoms with Crippen LogP contribution in [0.25, 0.3) is 27.4 Å². The lowest BCUT2D eigenvalue weighted by Gasteiger charge is -2.65. The molecule has 2 fully saturated rings. The normalized spacial score (nSPS) is 40.3. The second-order valence-corrected chi connectivity index (χ2v) is 17.5. The van der Waals surface area contributed by atoms with E-state index in [9.17, 15) is 10.2 Å². The van der Waals surface area contributed by atoms with Crippen molar-refractivity contribution in [3.05, 3.63) is 59.1 Å². The van der Waals surface area contributed by atoms with E-state index >= 15 is 0 Å². The van der Waals surface area contributed by atoms with Crippen LogP contribution in [0, 0.1) is 28.6 Å². The third kappa shape index (κ3) is 3.05. The van der Waals surface area contributed by atoms with Crippen LogP contribution >= 0.6 is 0 Å². The largest absolute Gasteiger partial charge is 0.505 e. The number of nitrogens with zero attached hydrogens (tertiary/aromatic N) is 1. The van der Waals surface area contributed by atoms with Crippen molar-refractivity contribution in [2.24, 2.45) is 28.6 Å². The van der Waals surface area contributed by atoms with Gasteiger partial charge in [-0.25, -0.2) is 0 Å². The summed E-state index contributed by atoms with van der Waals surface area (Å²) >= 11 is 0. The minimum Gasteiger partial charge on any atom is -0.505 e. The predicted octanol–water partition coefficient (Wildman–Crippen LogP) is 8.85. The summed E-state index contributed by atoms with van der Waals surface area (Å²) in [4.78, 5) is 0. The Morgan fingerprint density at radius 1 is 1.07 bits per heavy atom. The Morgan fingerprint density at radius 3 is 2.56 bits per heavy atom. The van der Waals surface area contributed by atoms with Crippen molar-refractivity contribution >= 4 is 27.4 Å². The first-order valence-corrected chi connectivity index (χ1v) is 17.3. The molecule has 5 heteroatoms. The summed E-state index contributed by atoms with van der Waals surface area (Å²) in [6, 6.07) is 2.38. The Hall–Kier alpha value is -2.76. The van der Waals surface area contributed by atoms with Crippen LogP contribution in [0.2, 0.25) is 0 Å². The van der Waals surface area contributed by atoms with E-state index < -0.39 is 17.3 Å². The van der Waals surface area contributed by atoms with Gasteiger partial charge in [0, 0.05) is 38.8 Å². The van der Waals surface area contributed by atoms with Gasteiger partial charge in [0.15, 0.2) is 0 Å². The van der Waals surface area contributed by atoms with Gasteiger partial charge in [0.1, 0.15) is 11.9 Å². The molecule has 4 unspecified atom stereocenters. The molecule has 2 saturated carbocycles. The van der Waals surface area contributed by atoms with Gasteiger partial charge >= 0.3 is 0 Å². The van der Waals surface area contributed by atoms with Gasteiger partial charge in [0.25, 0.3) is 0 Å². The maximum Gasteiger partial charge on any atom is 0.149 e. The van der Waals surface area contributed by atoms with Crippen LogP contribution in [0.15, 0.2) is 31.1 Å². The first kappa shape index (κ1) is 28.5. The SMILES string of the molecule is C=C(C)c1c(O)c2c3c(cc4c5c(n1c42)C1(C)C(CCC2[C@]4(C)CC=CO[C@H]4CC[C@@]21C)C5)C1=CC(C)(C)OC(C)(C)C1[C@@H]3O. The average molecular weight is 608 g/mol. The maximum atomic E-state index is 12.2. The first-order valence-electron chi connectivity index (χ1n) is 17.3. The summed E-state index contributed by atoms with van der Waals surface area (Å²) in [6.07, 6.45) is 12.7. The molecule has 0 saturated heterocycles. The molecule has 238 valence electrons. The van der Waals surface area contributed by atoms with Crippen LogP contribution in [0.1, 0.15) is 122 Å². The third-order valence-corrected chi connectivity index (χ3v) is 14.4. The smallest absolute Gasteiger partial charge is 0.149 e. The Labute approximate surface area is 267 Å². The molecular formula is C40H49NO4. The second-order valence-electron chi connectivity index (χ2n) is 17.5. The topological polar surface area (TPSA) is 63.3 Å². The van der Waals surface area contributed by atoms with E-state index in [-0.39, 0.29) is 34.0 Å². The van der Waals surface area contributed by atoms with Crippen LogP contribution in [0.3, 0.4) is 0 Å². The number of rotatable bonds is 1. The highest BCUT2D eigenvalue weighted by atomic mass is 16.5. The highest BCUT2D eigenvalue weighted by Gasteiger charge is 2.68. The molecule has 45 heavy (non-hydrogen) atoms. The van der Waals surface area contributed by atoms with E-state index in [0.717, 1.165) is 64.6 Å². The number of hydrogen-bond donors (Lipinski definition) is 2. The van der Waals surface area contributed by atoms with Crippen molar-refractivity contribution in [3.63, 3.8) is 0 Å². The van der Waals surface area contributed by atoms with Crippen LogP contribution in [-0.2, 0) is 21.3 Å². The average Bonchev–Trinajstić information content (AvgIpc) is 3.61. The Kier molecular flexibility index (Phi) is 5.19. The lowest BCUT2D eigenvalue weighted by molar-refractivity contribution is -0.170. The molecule has 8 atom stereocenters. The molecule has 0 bridgehead atoms. The zero-order valence-corrected chi connectivity index (χ0v) is 28.3. The van der Waals surface area contributed by atoms with E-state index in [1.165, 1.54) is 29.5 Å². The van der Waals surface area contributed by atoms with Crippen molar-refractivity contribution in [3.8, 4) is 5.75 Å². The van der Waals surface area contributed by atoms with Crippen LogP contribution in [0.4, 0.5) is 0 Å². The van der Waals surface area contributed by atoms with E-state index in [0.29, 0.717) is 11.8 Å². The molecule has 4 heterocycles. The zero-order chi connectivity index (χ0) is 31.8. The molecule has 1 aromatic carbocycles. The number of aromatic hydroxyl groups is 1. The molecule has 2 aromatic heterocycles. The molecule has 0 amide bonds. The Bertz CT molecular complexity index is 1910. The standard InChI is InChI=1S/C40H49NO4/c1-20(2)31-34(43)29-28-22(25-19-36(3,4)45-37(5,6)30(25)33(28)42)18-23-24-17-21-11-12-26-38(7)14-10-16-44-27(38)13-15-39(26,8)40(21,9)35(24)41(31)32(23)29/h10,16,18-19,21,26-27,30,33,42-43H,1,11-15,17H2,2-9H3/t21?,26?,27-,30?,33+,38-,39-,40?/m0/s1. The van der Waals surface area contributed by atoms with Gasteiger partial charge < -0.3 is 24.1 Å². The predicted molar refractivity (Wildman–Crippen MR) is 179 cm³/mol. The van der Waals surface area contributed by atoms with Gasteiger partial charge in [-0.05, 0) is 131 Å². The lowest BCUT2D eigenvalue weighted by atomic mass is 9.40. The summed E-state index contributed by atoms with van der Waals surface area (Å²) in [5.74, 6) is 1.16. The molecule has 4 aliphatic carbocycles. The van der Waals surface area contributed by atoms with Crippen LogP contribution in [-0.4, -0.2) is 31.9 Å². The fourth-order valence-corrected chi connectivity index (χ4v) is 12.7. The number of aromatic nitrogens is 1. The van der Waals surface area contributed by atoms with Gasteiger partial charge in [-0.3, -0.25) is 0 Å². The van der Waals surface area contributed by atoms with E-state index in [2.05, 4.69) is 77.7 Å². The zero-order valence-electron chi connectivity index (χ0n) is 28.3. The van der Waals surface area contributed by atoms with E-state index in [4.69, 9.17) is 9.47 Å². The van der Waals surface area contributed by atoms with E-state index in [1.54, 1.807) is 0 Å². The van der Waals surface area contributed by atoms with Crippen molar-refractivity contribution in [1.82, 2.24) is 4.40 Å².